The zero-order valence-electron chi connectivity index (χ0n) is 14.6. The van der Waals surface area contributed by atoms with Crippen molar-refractivity contribution in [2.45, 2.75) is 26.1 Å². The van der Waals surface area contributed by atoms with E-state index in [9.17, 15) is 9.59 Å². The van der Waals surface area contributed by atoms with Crippen molar-refractivity contribution < 1.29 is 19.4 Å². The number of aromatic nitrogens is 2. The van der Waals surface area contributed by atoms with Crippen molar-refractivity contribution in [2.75, 3.05) is 19.7 Å². The standard InChI is InChI=1S/C18H22N4O4/c1-2-22-11-15(10-20-22)16-12-21(7-8-26-16)18(25)19-9-13-3-5-14(6-4-13)17(23)24/h3-6,10-11,16H,2,7-9,12H2,1H3,(H,19,25)(H,23,24). The number of nitrogens with zero attached hydrogens (tertiary/aromatic N) is 3. The van der Waals surface area contributed by atoms with Crippen molar-refractivity contribution in [3.63, 3.8) is 0 Å². The van der Waals surface area contributed by atoms with Gasteiger partial charge in [0.05, 0.1) is 24.9 Å². The fourth-order valence-electron chi connectivity index (χ4n) is 2.81. The van der Waals surface area contributed by atoms with Gasteiger partial charge in [0.2, 0.25) is 0 Å². The number of hydrogen-bond donors (Lipinski definition) is 2. The molecule has 0 radical (unpaired) electrons. The third-order valence-corrected chi connectivity index (χ3v) is 4.35. The molecule has 1 fully saturated rings. The molecule has 26 heavy (non-hydrogen) atoms. The van der Waals surface area contributed by atoms with Gasteiger partial charge in [-0.15, -0.1) is 0 Å². The van der Waals surface area contributed by atoms with Crippen LogP contribution >= 0.6 is 0 Å². The predicted molar refractivity (Wildman–Crippen MR) is 93.8 cm³/mol. The van der Waals surface area contributed by atoms with Crippen LogP contribution in [0.5, 0.6) is 0 Å². The monoisotopic (exact) mass is 358 g/mol. The number of urea groups is 1. The van der Waals surface area contributed by atoms with E-state index in [4.69, 9.17) is 9.84 Å². The molecular formula is C18H22N4O4. The molecule has 2 N–H and O–H groups in total. The van der Waals surface area contributed by atoms with E-state index >= 15 is 0 Å². The Kier molecular flexibility index (Phi) is 5.52. The van der Waals surface area contributed by atoms with Crippen LogP contribution in [-0.4, -0.2) is 51.5 Å². The average molecular weight is 358 g/mol. The minimum absolute atomic E-state index is 0.163. The predicted octanol–water partition coefficient (Wildman–Crippen LogP) is 1.88. The molecule has 1 aromatic heterocycles. The van der Waals surface area contributed by atoms with Gasteiger partial charge in [0.1, 0.15) is 6.10 Å². The number of nitrogens with one attached hydrogen (secondary N) is 1. The lowest BCUT2D eigenvalue weighted by Gasteiger charge is -2.32. The number of ether oxygens (including phenoxy) is 1. The molecule has 1 aromatic carbocycles. The Balaban J connectivity index is 1.54. The fraction of sp³-hybridized carbons (Fsp3) is 0.389. The summed E-state index contributed by atoms with van der Waals surface area (Å²) in [5, 5.41) is 16.0. The van der Waals surface area contributed by atoms with Gasteiger partial charge >= 0.3 is 12.0 Å². The molecule has 1 atom stereocenters. The molecule has 0 saturated carbocycles. The van der Waals surface area contributed by atoms with Gasteiger partial charge in [-0.1, -0.05) is 12.1 Å². The van der Waals surface area contributed by atoms with E-state index in [1.807, 2.05) is 17.8 Å². The SMILES string of the molecule is CCn1cc(C2CN(C(=O)NCc3ccc(C(=O)O)cc3)CCO2)cn1. The van der Waals surface area contributed by atoms with Gasteiger partial charge in [-0.3, -0.25) is 4.68 Å². The summed E-state index contributed by atoms with van der Waals surface area (Å²) in [4.78, 5) is 25.0. The highest BCUT2D eigenvalue weighted by molar-refractivity contribution is 5.87. The molecule has 1 unspecified atom stereocenters. The molecule has 0 aliphatic carbocycles. The van der Waals surface area contributed by atoms with E-state index in [0.717, 1.165) is 17.7 Å². The normalized spacial score (nSPS) is 17.1. The van der Waals surface area contributed by atoms with Gasteiger partial charge < -0.3 is 20.1 Å². The van der Waals surface area contributed by atoms with Crippen LogP contribution in [0.4, 0.5) is 4.79 Å². The summed E-state index contributed by atoms with van der Waals surface area (Å²) in [6.45, 7) is 4.62. The number of hydrogen-bond acceptors (Lipinski definition) is 4. The summed E-state index contributed by atoms with van der Waals surface area (Å²) in [5.41, 5.74) is 2.04. The molecule has 2 aromatic rings. The second-order valence-corrected chi connectivity index (χ2v) is 6.10. The lowest BCUT2D eigenvalue weighted by molar-refractivity contribution is -0.0155. The summed E-state index contributed by atoms with van der Waals surface area (Å²) >= 11 is 0. The molecule has 138 valence electrons. The van der Waals surface area contributed by atoms with Crippen molar-refractivity contribution in [1.29, 1.82) is 0 Å². The minimum Gasteiger partial charge on any atom is -0.478 e. The number of carboxylic acid groups (broad SMARTS) is 1. The molecule has 2 heterocycles. The van der Waals surface area contributed by atoms with Gasteiger partial charge in [0, 0.05) is 31.4 Å². The number of aromatic carboxylic acids is 1. The lowest BCUT2D eigenvalue weighted by atomic mass is 10.1. The van der Waals surface area contributed by atoms with Crippen LogP contribution in [0.25, 0.3) is 0 Å². The second-order valence-electron chi connectivity index (χ2n) is 6.10. The number of benzene rings is 1. The van der Waals surface area contributed by atoms with E-state index in [1.54, 1.807) is 23.2 Å². The molecule has 1 aliphatic heterocycles. The topological polar surface area (TPSA) is 96.7 Å². The van der Waals surface area contributed by atoms with Crippen LogP contribution in [-0.2, 0) is 17.8 Å². The highest BCUT2D eigenvalue weighted by Gasteiger charge is 2.26. The van der Waals surface area contributed by atoms with Crippen molar-refractivity contribution in [2.24, 2.45) is 0 Å². The quantitative estimate of drug-likeness (QED) is 0.851. The van der Waals surface area contributed by atoms with Crippen LogP contribution in [0.15, 0.2) is 36.7 Å². The van der Waals surface area contributed by atoms with Crippen molar-refractivity contribution >= 4 is 12.0 Å². The van der Waals surface area contributed by atoms with Gasteiger partial charge in [0.25, 0.3) is 0 Å². The maximum absolute atomic E-state index is 12.4. The Bertz CT molecular complexity index is 772. The summed E-state index contributed by atoms with van der Waals surface area (Å²) in [5.74, 6) is -0.966. The summed E-state index contributed by atoms with van der Waals surface area (Å²) < 4.78 is 7.60. The Morgan fingerprint density at radius 3 is 2.77 bits per heavy atom. The third kappa shape index (κ3) is 4.20. The first-order valence-corrected chi connectivity index (χ1v) is 8.55. The molecule has 0 bridgehead atoms. The summed E-state index contributed by atoms with van der Waals surface area (Å²) in [7, 11) is 0. The van der Waals surface area contributed by atoms with Crippen LogP contribution in [0.2, 0.25) is 0 Å². The van der Waals surface area contributed by atoms with Gasteiger partial charge in [-0.05, 0) is 24.6 Å². The van der Waals surface area contributed by atoms with Crippen LogP contribution in [0.1, 0.15) is 34.5 Å². The minimum atomic E-state index is -0.966. The number of amides is 2. The smallest absolute Gasteiger partial charge is 0.335 e. The molecule has 1 saturated heterocycles. The molecule has 0 spiro atoms. The summed E-state index contributed by atoms with van der Waals surface area (Å²) in [6, 6.07) is 6.29. The molecular weight excluding hydrogens is 336 g/mol. The number of carboxylic acids is 1. The van der Waals surface area contributed by atoms with Crippen molar-refractivity contribution in [1.82, 2.24) is 20.0 Å². The first-order chi connectivity index (χ1) is 12.6. The number of rotatable bonds is 5. The molecule has 8 heteroatoms. The molecule has 8 nitrogen and oxygen atoms in total. The zero-order chi connectivity index (χ0) is 18.5. The molecule has 3 rings (SSSR count). The van der Waals surface area contributed by atoms with E-state index in [1.165, 1.54) is 12.1 Å². The Labute approximate surface area is 151 Å². The van der Waals surface area contributed by atoms with Gasteiger partial charge in [-0.25, -0.2) is 9.59 Å². The van der Waals surface area contributed by atoms with Crippen LogP contribution in [0, 0.1) is 0 Å². The Morgan fingerprint density at radius 1 is 1.35 bits per heavy atom. The van der Waals surface area contributed by atoms with Crippen molar-refractivity contribution in [3.8, 4) is 0 Å². The zero-order valence-corrected chi connectivity index (χ0v) is 14.6. The Hall–Kier alpha value is -2.87. The number of carbonyl (C=O) groups is 2. The highest BCUT2D eigenvalue weighted by atomic mass is 16.5. The number of carbonyl (C=O) groups excluding carboxylic acids is 1. The maximum atomic E-state index is 12.4. The number of aryl methyl sites for hydroxylation is 1. The fourth-order valence-corrected chi connectivity index (χ4v) is 2.81. The first-order valence-electron chi connectivity index (χ1n) is 8.55. The van der Waals surface area contributed by atoms with E-state index in [0.29, 0.717) is 26.2 Å². The first kappa shape index (κ1) is 17.9. The average Bonchev–Trinajstić information content (AvgIpc) is 3.16. The molecule has 1 aliphatic rings. The summed E-state index contributed by atoms with van der Waals surface area (Å²) in [6.07, 6.45) is 3.54. The lowest BCUT2D eigenvalue weighted by Crippen LogP contribution is -2.46. The maximum Gasteiger partial charge on any atom is 0.335 e. The highest BCUT2D eigenvalue weighted by Crippen LogP contribution is 2.21. The van der Waals surface area contributed by atoms with E-state index in [-0.39, 0.29) is 17.7 Å². The number of morpholine rings is 1. The second kappa shape index (κ2) is 8.01. The van der Waals surface area contributed by atoms with Gasteiger partial charge in [0.15, 0.2) is 0 Å². The third-order valence-electron chi connectivity index (χ3n) is 4.35. The Morgan fingerprint density at radius 2 is 2.12 bits per heavy atom. The van der Waals surface area contributed by atoms with E-state index < -0.39 is 5.97 Å². The van der Waals surface area contributed by atoms with E-state index in [2.05, 4.69) is 10.4 Å². The molecule has 2 amide bonds. The van der Waals surface area contributed by atoms with Crippen molar-refractivity contribution in [3.05, 3.63) is 53.3 Å². The largest absolute Gasteiger partial charge is 0.478 e. The van der Waals surface area contributed by atoms with Gasteiger partial charge in [-0.2, -0.15) is 5.10 Å². The van der Waals surface area contributed by atoms with Crippen LogP contribution < -0.4 is 5.32 Å². The van der Waals surface area contributed by atoms with Crippen LogP contribution in [0.3, 0.4) is 0 Å².